The highest BCUT2D eigenvalue weighted by Gasteiger charge is 2.31. The molecule has 0 spiro atoms. The van der Waals surface area contributed by atoms with Crippen molar-refractivity contribution in [3.8, 4) is 0 Å². The van der Waals surface area contributed by atoms with Crippen LogP contribution in [0.15, 0.2) is 24.3 Å². The number of nitrogens with zero attached hydrogens (tertiary/aromatic N) is 2. The van der Waals surface area contributed by atoms with Gasteiger partial charge in [0.15, 0.2) is 0 Å². The first-order valence-corrected chi connectivity index (χ1v) is 7.55. The Morgan fingerprint density at radius 2 is 2.14 bits per heavy atom. The van der Waals surface area contributed by atoms with E-state index in [1.807, 2.05) is 24.9 Å². The first-order chi connectivity index (χ1) is 10.4. The fourth-order valence-electron chi connectivity index (χ4n) is 2.85. The summed E-state index contributed by atoms with van der Waals surface area (Å²) < 4.78 is 13.4. The molecule has 0 aromatic heterocycles. The summed E-state index contributed by atoms with van der Waals surface area (Å²) >= 11 is 0. The van der Waals surface area contributed by atoms with Gasteiger partial charge in [-0.05, 0) is 31.7 Å². The molecular formula is C16H25FN4O. The fourth-order valence-corrected chi connectivity index (χ4v) is 2.85. The molecule has 22 heavy (non-hydrogen) atoms. The Hall–Kier alpha value is -1.50. The fraction of sp³-hybridized carbons (Fsp3) is 0.562. The highest BCUT2D eigenvalue weighted by molar-refractivity contribution is 5.80. The van der Waals surface area contributed by atoms with E-state index >= 15 is 0 Å². The third kappa shape index (κ3) is 3.82. The van der Waals surface area contributed by atoms with Crippen molar-refractivity contribution < 1.29 is 9.18 Å². The number of carbonyl (C=O) groups is 1. The number of hydrogen-bond donors (Lipinski definition) is 2. The summed E-state index contributed by atoms with van der Waals surface area (Å²) in [5, 5.41) is 0. The monoisotopic (exact) mass is 308 g/mol. The lowest BCUT2D eigenvalue weighted by Gasteiger charge is -2.30. The van der Waals surface area contributed by atoms with Gasteiger partial charge in [0, 0.05) is 33.1 Å². The molecule has 1 aliphatic rings. The van der Waals surface area contributed by atoms with Crippen LogP contribution in [0.3, 0.4) is 0 Å². The van der Waals surface area contributed by atoms with Crippen LogP contribution in [0.4, 0.5) is 4.39 Å². The van der Waals surface area contributed by atoms with E-state index in [0.29, 0.717) is 0 Å². The molecule has 6 heteroatoms. The second-order valence-corrected chi connectivity index (χ2v) is 6.17. The molecule has 1 fully saturated rings. The van der Waals surface area contributed by atoms with Crippen LogP contribution in [0.2, 0.25) is 0 Å². The van der Waals surface area contributed by atoms with E-state index in [1.54, 1.807) is 31.1 Å². The molecule has 1 aliphatic heterocycles. The van der Waals surface area contributed by atoms with Gasteiger partial charge in [0.05, 0.1) is 12.1 Å². The zero-order valence-electron chi connectivity index (χ0n) is 13.6. The number of benzene rings is 1. The molecular weight excluding hydrogens is 283 g/mol. The van der Waals surface area contributed by atoms with Crippen LogP contribution in [0, 0.1) is 11.7 Å². The van der Waals surface area contributed by atoms with Crippen LogP contribution < -0.4 is 10.9 Å². The van der Waals surface area contributed by atoms with Crippen molar-refractivity contribution in [3.05, 3.63) is 35.6 Å². The van der Waals surface area contributed by atoms with E-state index < -0.39 is 0 Å². The molecule has 0 bridgehead atoms. The average molecular weight is 308 g/mol. The van der Waals surface area contributed by atoms with Crippen LogP contribution in [0.25, 0.3) is 0 Å². The van der Waals surface area contributed by atoms with E-state index in [2.05, 4.69) is 10.9 Å². The summed E-state index contributed by atoms with van der Waals surface area (Å²) in [6.45, 7) is 3.45. The van der Waals surface area contributed by atoms with E-state index in [1.165, 1.54) is 6.07 Å². The van der Waals surface area contributed by atoms with E-state index in [-0.39, 0.29) is 29.7 Å². The van der Waals surface area contributed by atoms with Crippen LogP contribution >= 0.6 is 0 Å². The number of carbonyl (C=O) groups excluding carboxylic acids is 1. The van der Waals surface area contributed by atoms with Crippen LogP contribution in [-0.4, -0.2) is 56.0 Å². The number of amides is 1. The van der Waals surface area contributed by atoms with Gasteiger partial charge in [0.1, 0.15) is 5.82 Å². The van der Waals surface area contributed by atoms with E-state index in [9.17, 15) is 9.18 Å². The van der Waals surface area contributed by atoms with Gasteiger partial charge in [-0.25, -0.2) is 9.82 Å². The number of hydrazine groups is 1. The summed E-state index contributed by atoms with van der Waals surface area (Å²) in [5.41, 5.74) is 7.28. The van der Waals surface area contributed by atoms with Crippen molar-refractivity contribution in [3.63, 3.8) is 0 Å². The SMILES string of the molecule is CC(C(=O)N(C)C)N(C)CC1CNNC1c1cccc(F)c1. The molecule has 5 nitrogen and oxygen atoms in total. The second kappa shape index (κ2) is 7.17. The summed E-state index contributed by atoms with van der Waals surface area (Å²) in [6, 6.07) is 6.53. The molecule has 1 heterocycles. The minimum absolute atomic E-state index is 0.0415. The van der Waals surface area contributed by atoms with Gasteiger partial charge >= 0.3 is 0 Å². The molecule has 1 aromatic rings. The number of rotatable bonds is 5. The molecule has 1 saturated heterocycles. The lowest BCUT2D eigenvalue weighted by Crippen LogP contribution is -2.45. The molecule has 3 atom stereocenters. The standard InChI is InChI=1S/C16H25FN4O/c1-11(16(22)20(2)3)21(4)10-13-9-18-19-15(13)12-6-5-7-14(17)8-12/h5-8,11,13,15,18-19H,9-10H2,1-4H3. The molecule has 122 valence electrons. The molecule has 0 saturated carbocycles. The van der Waals surface area contributed by atoms with Gasteiger partial charge in [0.2, 0.25) is 5.91 Å². The summed E-state index contributed by atoms with van der Waals surface area (Å²) in [5.74, 6) is 0.127. The predicted octanol–water partition coefficient (Wildman–Crippen LogP) is 0.999. The maximum absolute atomic E-state index is 13.4. The normalized spacial score (nSPS) is 22.8. The van der Waals surface area contributed by atoms with E-state index in [0.717, 1.165) is 18.7 Å². The maximum atomic E-state index is 13.4. The third-order valence-corrected chi connectivity index (χ3v) is 4.28. The summed E-state index contributed by atoms with van der Waals surface area (Å²) in [4.78, 5) is 15.7. The maximum Gasteiger partial charge on any atom is 0.239 e. The number of hydrogen-bond acceptors (Lipinski definition) is 4. The van der Waals surface area contributed by atoms with Crippen molar-refractivity contribution >= 4 is 5.91 Å². The van der Waals surface area contributed by atoms with Gasteiger partial charge in [-0.1, -0.05) is 12.1 Å². The summed E-state index contributed by atoms with van der Waals surface area (Å²) in [6.07, 6.45) is 0. The predicted molar refractivity (Wildman–Crippen MR) is 84.6 cm³/mol. The van der Waals surface area contributed by atoms with Gasteiger partial charge in [-0.2, -0.15) is 0 Å². The first-order valence-electron chi connectivity index (χ1n) is 7.55. The van der Waals surface area contributed by atoms with Crippen molar-refractivity contribution in [1.82, 2.24) is 20.7 Å². The number of halogens is 1. The highest BCUT2D eigenvalue weighted by atomic mass is 19.1. The molecule has 0 radical (unpaired) electrons. The topological polar surface area (TPSA) is 47.6 Å². The quantitative estimate of drug-likeness (QED) is 0.852. The smallest absolute Gasteiger partial charge is 0.239 e. The number of likely N-dealkylation sites (N-methyl/N-ethyl adjacent to an activating group) is 2. The van der Waals surface area contributed by atoms with Gasteiger partial charge in [0.25, 0.3) is 0 Å². The van der Waals surface area contributed by atoms with Gasteiger partial charge in [-0.15, -0.1) is 0 Å². The van der Waals surface area contributed by atoms with Gasteiger partial charge < -0.3 is 4.90 Å². The number of nitrogens with one attached hydrogen (secondary N) is 2. The van der Waals surface area contributed by atoms with Crippen molar-refractivity contribution in [2.45, 2.75) is 19.0 Å². The van der Waals surface area contributed by atoms with Crippen molar-refractivity contribution in [2.75, 3.05) is 34.2 Å². The molecule has 1 amide bonds. The Kier molecular flexibility index (Phi) is 5.50. The molecule has 2 N–H and O–H groups in total. The lowest BCUT2D eigenvalue weighted by molar-refractivity contribution is -0.133. The first kappa shape index (κ1) is 16.9. The molecule has 0 aliphatic carbocycles. The third-order valence-electron chi connectivity index (χ3n) is 4.28. The summed E-state index contributed by atoms with van der Waals surface area (Å²) in [7, 11) is 5.48. The lowest BCUT2D eigenvalue weighted by atomic mass is 9.94. The Morgan fingerprint density at radius 3 is 2.77 bits per heavy atom. The van der Waals surface area contributed by atoms with Crippen LogP contribution in [-0.2, 0) is 4.79 Å². The second-order valence-electron chi connectivity index (χ2n) is 6.17. The zero-order chi connectivity index (χ0) is 16.3. The molecule has 1 aromatic carbocycles. The van der Waals surface area contributed by atoms with Gasteiger partial charge in [-0.3, -0.25) is 15.1 Å². The van der Waals surface area contributed by atoms with E-state index in [4.69, 9.17) is 0 Å². The Labute approximate surface area is 131 Å². The Balaban J connectivity index is 2.03. The minimum atomic E-state index is -0.227. The highest BCUT2D eigenvalue weighted by Crippen LogP contribution is 2.26. The molecule has 2 rings (SSSR count). The van der Waals surface area contributed by atoms with Crippen LogP contribution in [0.5, 0.6) is 0 Å². The Morgan fingerprint density at radius 1 is 1.41 bits per heavy atom. The van der Waals surface area contributed by atoms with Crippen molar-refractivity contribution in [2.24, 2.45) is 5.92 Å². The zero-order valence-corrected chi connectivity index (χ0v) is 13.6. The largest absolute Gasteiger partial charge is 0.347 e. The molecule has 3 unspecified atom stereocenters. The van der Waals surface area contributed by atoms with Crippen molar-refractivity contribution in [1.29, 1.82) is 0 Å². The Bertz CT molecular complexity index is 523. The van der Waals surface area contributed by atoms with Crippen LogP contribution in [0.1, 0.15) is 18.5 Å². The average Bonchev–Trinajstić information content (AvgIpc) is 2.93. The minimum Gasteiger partial charge on any atom is -0.347 e.